The molecule has 0 radical (unpaired) electrons. The number of rotatable bonds is 1. The minimum atomic E-state index is -0.455. The van der Waals surface area contributed by atoms with Crippen LogP contribution >= 0.6 is 0 Å². The van der Waals surface area contributed by atoms with Gasteiger partial charge in [-0.2, -0.15) is 0 Å². The molecule has 0 fully saturated rings. The second kappa shape index (κ2) is 8.76. The van der Waals surface area contributed by atoms with E-state index in [0.717, 1.165) is 0 Å². The fraction of sp³-hybridized carbons (Fsp3) is 0.222. The van der Waals surface area contributed by atoms with Crippen LogP contribution in [0.5, 0.6) is 0 Å². The summed E-state index contributed by atoms with van der Waals surface area (Å²) in [6, 6.07) is 10.9. The van der Waals surface area contributed by atoms with Gasteiger partial charge in [0.05, 0.1) is 23.8 Å². The molecule has 0 aliphatic rings. The van der Waals surface area contributed by atoms with E-state index >= 15 is 0 Å². The molecule has 2 N–H and O–H groups in total. The highest BCUT2D eigenvalue weighted by atomic mass is 19.1. The summed E-state index contributed by atoms with van der Waals surface area (Å²) >= 11 is 0. The predicted octanol–water partition coefficient (Wildman–Crippen LogP) is 4.03. The maximum atomic E-state index is 13.3. The summed E-state index contributed by atoms with van der Waals surface area (Å²) in [6.45, 7) is 5.74. The van der Waals surface area contributed by atoms with Crippen molar-refractivity contribution in [1.82, 2.24) is 9.55 Å². The standard InChI is InChI=1S/C15H12FN3O.C2H6.CH3F/c1-9-18-14-7-2-10(16)8-13(14)15(20)19(9)12-5-3-11(17)4-6-12;2*1-2/h2-8H,17H2,1H3;1-2H3;1H3. The lowest BCUT2D eigenvalue weighted by Crippen LogP contribution is -2.22. The second-order valence-corrected chi connectivity index (χ2v) is 4.55. The van der Waals surface area contributed by atoms with Gasteiger partial charge >= 0.3 is 0 Å². The number of alkyl halides is 1. The van der Waals surface area contributed by atoms with E-state index in [9.17, 15) is 13.6 Å². The Labute approximate surface area is 139 Å². The highest BCUT2D eigenvalue weighted by Gasteiger charge is 2.10. The molecular formula is C18H21F2N3O. The third kappa shape index (κ3) is 3.95. The summed E-state index contributed by atoms with van der Waals surface area (Å²) in [5.74, 6) is 0.0861. The molecule has 6 heteroatoms. The Morgan fingerprint density at radius 2 is 1.62 bits per heavy atom. The highest BCUT2D eigenvalue weighted by molar-refractivity contribution is 5.78. The van der Waals surface area contributed by atoms with Gasteiger partial charge in [0.1, 0.15) is 11.6 Å². The largest absolute Gasteiger partial charge is 0.399 e. The number of fused-ring (bicyclic) bond motifs is 1. The quantitative estimate of drug-likeness (QED) is 0.684. The van der Waals surface area contributed by atoms with Crippen LogP contribution in [-0.4, -0.2) is 16.7 Å². The molecule has 3 aromatic rings. The zero-order valence-corrected chi connectivity index (χ0v) is 14.2. The Bertz CT molecular complexity index is 859. The molecule has 0 aliphatic carbocycles. The molecule has 3 rings (SSSR count). The first-order valence-electron chi connectivity index (χ1n) is 7.49. The number of benzene rings is 2. The molecule has 0 spiro atoms. The normalized spacial score (nSPS) is 9.58. The number of aryl methyl sites for hydroxylation is 1. The van der Waals surface area contributed by atoms with Crippen molar-refractivity contribution < 1.29 is 8.78 Å². The maximum absolute atomic E-state index is 13.3. The van der Waals surface area contributed by atoms with Crippen LogP contribution in [0.3, 0.4) is 0 Å². The van der Waals surface area contributed by atoms with Crippen molar-refractivity contribution in [2.75, 3.05) is 12.9 Å². The summed E-state index contributed by atoms with van der Waals surface area (Å²) < 4.78 is 24.3. The summed E-state index contributed by atoms with van der Waals surface area (Å²) in [5, 5.41) is 0.257. The first-order valence-corrected chi connectivity index (χ1v) is 7.49. The number of nitrogen functional groups attached to an aromatic ring is 1. The zero-order chi connectivity index (χ0) is 18.3. The van der Waals surface area contributed by atoms with Crippen LogP contribution in [0.4, 0.5) is 14.5 Å². The van der Waals surface area contributed by atoms with Crippen molar-refractivity contribution >= 4 is 16.6 Å². The molecule has 1 aromatic heterocycles. The van der Waals surface area contributed by atoms with Crippen molar-refractivity contribution in [3.05, 3.63) is 64.5 Å². The van der Waals surface area contributed by atoms with E-state index in [2.05, 4.69) is 4.98 Å². The van der Waals surface area contributed by atoms with E-state index in [0.29, 0.717) is 29.9 Å². The Hall–Kier alpha value is -2.76. The van der Waals surface area contributed by atoms with Crippen LogP contribution in [0.2, 0.25) is 0 Å². The third-order valence-corrected chi connectivity index (χ3v) is 3.15. The highest BCUT2D eigenvalue weighted by Crippen LogP contribution is 2.15. The average molecular weight is 333 g/mol. The lowest BCUT2D eigenvalue weighted by Gasteiger charge is -2.11. The first-order chi connectivity index (χ1) is 11.6. The van der Waals surface area contributed by atoms with Gasteiger partial charge in [0.2, 0.25) is 0 Å². The van der Waals surface area contributed by atoms with Crippen molar-refractivity contribution in [3.63, 3.8) is 0 Å². The van der Waals surface area contributed by atoms with Crippen molar-refractivity contribution in [1.29, 1.82) is 0 Å². The van der Waals surface area contributed by atoms with E-state index < -0.39 is 5.82 Å². The zero-order valence-electron chi connectivity index (χ0n) is 14.2. The van der Waals surface area contributed by atoms with Crippen molar-refractivity contribution in [3.8, 4) is 5.69 Å². The van der Waals surface area contributed by atoms with Gasteiger partial charge in [-0.25, -0.2) is 9.37 Å². The van der Waals surface area contributed by atoms with Crippen LogP contribution in [0.25, 0.3) is 16.6 Å². The molecule has 0 bridgehead atoms. The summed E-state index contributed by atoms with van der Waals surface area (Å²) in [4.78, 5) is 16.9. The van der Waals surface area contributed by atoms with Gasteiger partial charge in [-0.3, -0.25) is 13.8 Å². The molecule has 0 aliphatic heterocycles. The van der Waals surface area contributed by atoms with E-state index in [1.54, 1.807) is 31.2 Å². The Morgan fingerprint density at radius 1 is 1.04 bits per heavy atom. The number of hydrogen-bond acceptors (Lipinski definition) is 3. The molecule has 0 saturated carbocycles. The van der Waals surface area contributed by atoms with Crippen molar-refractivity contribution in [2.24, 2.45) is 0 Å². The topological polar surface area (TPSA) is 60.9 Å². The van der Waals surface area contributed by atoms with E-state index in [4.69, 9.17) is 5.73 Å². The van der Waals surface area contributed by atoms with Gasteiger partial charge in [-0.1, -0.05) is 13.8 Å². The Morgan fingerprint density at radius 3 is 2.21 bits per heavy atom. The summed E-state index contributed by atoms with van der Waals surface area (Å²) in [6.07, 6.45) is 0. The number of hydrogen-bond donors (Lipinski definition) is 1. The number of aromatic nitrogens is 2. The van der Waals surface area contributed by atoms with Gasteiger partial charge in [0.15, 0.2) is 0 Å². The fourth-order valence-corrected chi connectivity index (χ4v) is 2.20. The lowest BCUT2D eigenvalue weighted by atomic mass is 10.2. The molecule has 128 valence electrons. The van der Waals surface area contributed by atoms with Crippen LogP contribution in [0, 0.1) is 12.7 Å². The SMILES string of the molecule is CC.CF.Cc1nc2ccc(F)cc2c(=O)n1-c1ccc(N)cc1. The molecule has 24 heavy (non-hydrogen) atoms. The monoisotopic (exact) mass is 333 g/mol. The summed E-state index contributed by atoms with van der Waals surface area (Å²) in [7, 11) is 0.500. The van der Waals surface area contributed by atoms with E-state index in [-0.39, 0.29) is 10.9 Å². The molecule has 4 nitrogen and oxygen atoms in total. The molecule has 0 unspecified atom stereocenters. The number of anilines is 1. The van der Waals surface area contributed by atoms with Crippen LogP contribution in [-0.2, 0) is 0 Å². The number of nitrogens with two attached hydrogens (primary N) is 1. The number of halogens is 2. The lowest BCUT2D eigenvalue weighted by molar-refractivity contribution is 0.629. The minimum absolute atomic E-state index is 0.257. The Balaban J connectivity index is 0.000000671. The van der Waals surface area contributed by atoms with E-state index in [1.807, 2.05) is 13.8 Å². The maximum Gasteiger partial charge on any atom is 0.266 e. The third-order valence-electron chi connectivity index (χ3n) is 3.15. The van der Waals surface area contributed by atoms with Crippen LogP contribution in [0.1, 0.15) is 19.7 Å². The van der Waals surface area contributed by atoms with Gasteiger partial charge in [-0.05, 0) is 49.4 Å². The second-order valence-electron chi connectivity index (χ2n) is 4.55. The van der Waals surface area contributed by atoms with Gasteiger partial charge < -0.3 is 5.73 Å². The van der Waals surface area contributed by atoms with Gasteiger partial charge in [-0.15, -0.1) is 0 Å². The van der Waals surface area contributed by atoms with E-state index in [1.165, 1.54) is 22.8 Å². The minimum Gasteiger partial charge on any atom is -0.399 e. The average Bonchev–Trinajstić information content (AvgIpc) is 2.61. The van der Waals surface area contributed by atoms with Gasteiger partial charge in [0.25, 0.3) is 5.56 Å². The number of nitrogens with zero attached hydrogens (tertiary/aromatic N) is 2. The van der Waals surface area contributed by atoms with Gasteiger partial charge in [0, 0.05) is 5.69 Å². The molecule has 0 saturated heterocycles. The van der Waals surface area contributed by atoms with Crippen LogP contribution in [0.15, 0.2) is 47.3 Å². The summed E-state index contributed by atoms with van der Waals surface area (Å²) in [5.41, 5.74) is 7.09. The molecule has 2 aromatic carbocycles. The first kappa shape index (κ1) is 19.3. The molecule has 0 amide bonds. The smallest absolute Gasteiger partial charge is 0.266 e. The molecular weight excluding hydrogens is 312 g/mol. The fourth-order valence-electron chi connectivity index (χ4n) is 2.20. The molecule has 1 heterocycles. The van der Waals surface area contributed by atoms with Crippen molar-refractivity contribution in [2.45, 2.75) is 20.8 Å². The van der Waals surface area contributed by atoms with Crippen LogP contribution < -0.4 is 11.3 Å². The molecule has 0 atom stereocenters. The predicted molar refractivity (Wildman–Crippen MR) is 94.8 cm³/mol. The Kier molecular flexibility index (Phi) is 7.04.